The molecular weight excluding hydrogens is 909 g/mol. The minimum absolute atomic E-state index is 0.0713. The van der Waals surface area contributed by atoms with Crippen LogP contribution in [0.3, 0.4) is 0 Å². The molecule has 3 rings (SSSR count). The highest BCUT2D eigenvalue weighted by Crippen LogP contribution is 2.15. The molecule has 11 amide bonds. The van der Waals surface area contributed by atoms with Crippen molar-refractivity contribution in [2.75, 3.05) is 26.7 Å². The van der Waals surface area contributed by atoms with E-state index < -0.39 is 152 Å². The Morgan fingerprint density at radius 3 is 2.13 bits per heavy atom. The number of benzene rings is 1. The van der Waals surface area contributed by atoms with E-state index in [-0.39, 0.29) is 31.4 Å². The third kappa shape index (κ3) is 19.2. The quantitative estimate of drug-likeness (QED) is 0.0618. The first-order valence-electron chi connectivity index (χ1n) is 21.9. The van der Waals surface area contributed by atoms with E-state index in [0.717, 1.165) is 11.9 Å². The maximum Gasteiger partial charge on any atom is 0.245 e. The van der Waals surface area contributed by atoms with Gasteiger partial charge in [0.25, 0.3) is 0 Å². The maximum atomic E-state index is 14.0. The number of hydrogen-bond acceptors (Lipinski definition) is 15. The highest BCUT2D eigenvalue weighted by Gasteiger charge is 2.36. The monoisotopic (exact) mass is 970 g/mol. The van der Waals surface area contributed by atoms with Crippen LogP contribution in [0, 0.1) is 5.92 Å². The van der Waals surface area contributed by atoms with Crippen LogP contribution in [0.25, 0.3) is 0 Å². The number of aliphatic hydroxyl groups excluding tert-OH is 1. The fraction of sp³-hybridized carbons (Fsp3) is 0.524. The number of primary amides is 2. The number of amides is 11. The van der Waals surface area contributed by atoms with Crippen molar-refractivity contribution >= 4 is 65.0 Å². The summed E-state index contributed by atoms with van der Waals surface area (Å²) < 4.78 is 0. The van der Waals surface area contributed by atoms with Crippen molar-refractivity contribution < 1.29 is 63.0 Å². The summed E-state index contributed by atoms with van der Waals surface area (Å²) in [5.74, 6) is -11.0. The third-order valence-electron chi connectivity index (χ3n) is 10.8. The first-order valence-corrected chi connectivity index (χ1v) is 21.9. The standard InChI is InChI=1S/C42H62N14O13/c1-4-21(2)36-41(68)52-25(9-11-30(43)58)38(65)54-29(15-31(44)59)39(66)53-26(10-12-33(61)47-18-34(62)50-27(40(67)55-36)13-22-5-7-24(57)8-6-22)42(69)56(3)19-35(63)51-28(14-23-16-46-20-49-23)37(64)48-17-32(45)60/h5-8,16,20-21,25-30,36,57-58H,4,9-15,17-19,43H2,1-3H3,(H2,44,59)(H2,45,60)(H,46,49)(H,47,61)(H,48,64)(H,50,62)(H,51,63)(H,52,68)(H,53,66)(H,54,65)(H,55,67)/t21?,25-,26-,27-,28-,29?,30?,36?/m0/s1. The van der Waals surface area contributed by atoms with Gasteiger partial charge in [-0.2, -0.15) is 0 Å². The first-order chi connectivity index (χ1) is 32.6. The van der Waals surface area contributed by atoms with E-state index in [9.17, 15) is 63.0 Å². The molecular formula is C42H62N14O13. The number of carbonyl (C=O) groups excluding carboxylic acids is 11. The largest absolute Gasteiger partial charge is 0.508 e. The van der Waals surface area contributed by atoms with Crippen molar-refractivity contribution in [2.45, 2.75) is 108 Å². The van der Waals surface area contributed by atoms with Crippen LogP contribution >= 0.6 is 0 Å². The number of aromatic hydroxyl groups is 1. The first kappa shape index (κ1) is 55.6. The van der Waals surface area contributed by atoms with Gasteiger partial charge in [0.15, 0.2) is 0 Å². The lowest BCUT2D eigenvalue weighted by atomic mass is 9.96. The Kier molecular flexibility index (Phi) is 21.9. The van der Waals surface area contributed by atoms with E-state index in [1.54, 1.807) is 13.8 Å². The molecule has 27 heteroatoms. The third-order valence-corrected chi connectivity index (χ3v) is 10.8. The molecule has 4 unspecified atom stereocenters. The summed E-state index contributed by atoms with van der Waals surface area (Å²) in [5, 5.41) is 39.2. The van der Waals surface area contributed by atoms with Crippen LogP contribution in [-0.2, 0) is 65.6 Å². The van der Waals surface area contributed by atoms with E-state index in [1.807, 2.05) is 0 Å². The van der Waals surface area contributed by atoms with E-state index in [1.165, 1.54) is 36.8 Å². The molecule has 1 aliphatic rings. The van der Waals surface area contributed by atoms with Gasteiger partial charge in [0, 0.05) is 38.2 Å². The van der Waals surface area contributed by atoms with Crippen molar-refractivity contribution in [3.63, 3.8) is 0 Å². The molecule has 1 aliphatic heterocycles. The number of nitrogens with one attached hydrogen (secondary N) is 9. The fourth-order valence-electron chi connectivity index (χ4n) is 6.82. The van der Waals surface area contributed by atoms with Gasteiger partial charge in [0.2, 0.25) is 65.0 Å². The number of rotatable bonds is 18. The summed E-state index contributed by atoms with van der Waals surface area (Å²) in [6.45, 7) is 1.38. The second-order valence-electron chi connectivity index (χ2n) is 16.5. The van der Waals surface area contributed by atoms with Gasteiger partial charge in [-0.3, -0.25) is 52.7 Å². The van der Waals surface area contributed by atoms with Crippen molar-refractivity contribution in [3.05, 3.63) is 48.0 Å². The highest BCUT2D eigenvalue weighted by atomic mass is 16.3. The molecule has 0 radical (unpaired) electrons. The molecule has 378 valence electrons. The van der Waals surface area contributed by atoms with Crippen LogP contribution in [0.5, 0.6) is 5.75 Å². The number of H-pyrrole nitrogens is 1. The Morgan fingerprint density at radius 1 is 0.870 bits per heavy atom. The van der Waals surface area contributed by atoms with E-state index in [2.05, 4.69) is 52.5 Å². The van der Waals surface area contributed by atoms with Crippen LogP contribution in [0.15, 0.2) is 36.8 Å². The van der Waals surface area contributed by atoms with Crippen LogP contribution in [0.4, 0.5) is 0 Å². The molecule has 8 atom stereocenters. The average Bonchev–Trinajstić information content (AvgIpc) is 3.81. The van der Waals surface area contributed by atoms with Gasteiger partial charge in [-0.1, -0.05) is 32.4 Å². The number of nitrogens with two attached hydrogens (primary N) is 3. The zero-order chi connectivity index (χ0) is 51.4. The van der Waals surface area contributed by atoms with Gasteiger partial charge in [-0.25, -0.2) is 4.98 Å². The number of phenolic OH excluding ortho intramolecular Hbond substituents is 1. The SMILES string of the molecule is CCC(C)C1NC(=O)[C@H](Cc2ccc(O)cc2)NC(=O)CNC(=O)CC[C@@H](C(=O)N(C)CC(=O)N[C@@H](Cc2cnc[nH]2)C(=O)NCC(N)=O)NC(=O)C(CC(N)=O)NC(=O)[C@H](CCC(N)O)NC1=O. The van der Waals surface area contributed by atoms with Crippen molar-refractivity contribution in [1.29, 1.82) is 0 Å². The minimum Gasteiger partial charge on any atom is -0.508 e. The van der Waals surface area contributed by atoms with E-state index in [4.69, 9.17) is 17.2 Å². The number of carbonyl (C=O) groups is 11. The summed E-state index contributed by atoms with van der Waals surface area (Å²) >= 11 is 0. The predicted molar refractivity (Wildman–Crippen MR) is 240 cm³/mol. The number of phenols is 1. The zero-order valence-electron chi connectivity index (χ0n) is 38.4. The molecule has 69 heavy (non-hydrogen) atoms. The second-order valence-corrected chi connectivity index (χ2v) is 16.5. The van der Waals surface area contributed by atoms with E-state index >= 15 is 0 Å². The topological polar surface area (TPSA) is 434 Å². The molecule has 2 aromatic rings. The molecule has 2 heterocycles. The Labute approximate surface area is 395 Å². The van der Waals surface area contributed by atoms with Crippen molar-refractivity contribution in [3.8, 4) is 5.75 Å². The molecule has 0 spiro atoms. The van der Waals surface area contributed by atoms with Gasteiger partial charge in [-0.05, 0) is 42.9 Å². The molecule has 0 bridgehead atoms. The predicted octanol–water partition coefficient (Wildman–Crippen LogP) is -6.24. The molecule has 1 aromatic carbocycles. The number of imidazole rings is 1. The maximum absolute atomic E-state index is 14.0. The molecule has 27 nitrogen and oxygen atoms in total. The normalized spacial score (nSPS) is 21.3. The molecule has 0 aliphatic carbocycles. The van der Waals surface area contributed by atoms with Gasteiger partial charge in [-0.15, -0.1) is 0 Å². The average molecular weight is 971 g/mol. The lowest BCUT2D eigenvalue weighted by molar-refractivity contribution is -0.140. The Bertz CT molecular complexity index is 2150. The number of aromatic nitrogens is 2. The summed E-state index contributed by atoms with van der Waals surface area (Å²) in [6.07, 6.45) is -1.23. The number of aromatic amines is 1. The summed E-state index contributed by atoms with van der Waals surface area (Å²) in [4.78, 5) is 154. The van der Waals surface area contributed by atoms with Gasteiger partial charge in [0.05, 0.1) is 32.4 Å². The van der Waals surface area contributed by atoms with Crippen molar-refractivity contribution in [2.24, 2.45) is 23.1 Å². The van der Waals surface area contributed by atoms with Gasteiger partial charge in [0.1, 0.15) is 48.2 Å². The zero-order valence-corrected chi connectivity index (χ0v) is 38.4. The summed E-state index contributed by atoms with van der Waals surface area (Å²) in [5.41, 5.74) is 17.1. The summed E-state index contributed by atoms with van der Waals surface area (Å²) in [6, 6.07) is -3.36. The van der Waals surface area contributed by atoms with Crippen molar-refractivity contribution in [1.82, 2.24) is 57.4 Å². The Balaban J connectivity index is 2.00. The molecule has 1 aromatic heterocycles. The summed E-state index contributed by atoms with van der Waals surface area (Å²) in [7, 11) is 1.16. The lowest BCUT2D eigenvalue weighted by Crippen LogP contribution is -2.61. The second kappa shape index (κ2) is 27.2. The van der Waals surface area contributed by atoms with Gasteiger partial charge >= 0.3 is 0 Å². The number of nitrogens with zero attached hydrogens (tertiary/aromatic N) is 2. The minimum atomic E-state index is -1.82. The molecule has 17 N–H and O–H groups in total. The Morgan fingerprint density at radius 2 is 1.52 bits per heavy atom. The molecule has 1 fully saturated rings. The van der Waals surface area contributed by atoms with Crippen LogP contribution in [0.1, 0.15) is 63.6 Å². The van der Waals surface area contributed by atoms with Crippen LogP contribution in [0.2, 0.25) is 0 Å². The van der Waals surface area contributed by atoms with Crippen LogP contribution < -0.4 is 59.7 Å². The van der Waals surface area contributed by atoms with Crippen LogP contribution in [-0.4, -0.2) is 159 Å². The number of likely N-dealkylation sites (N-methyl/N-ethyl adjacent to an activating group) is 1. The lowest BCUT2D eigenvalue weighted by Gasteiger charge is -2.30. The number of hydrogen-bond donors (Lipinski definition) is 14. The smallest absolute Gasteiger partial charge is 0.245 e. The molecule has 0 saturated carbocycles. The number of aliphatic hydroxyl groups is 1. The van der Waals surface area contributed by atoms with Gasteiger partial charge < -0.3 is 79.8 Å². The van der Waals surface area contributed by atoms with E-state index in [0.29, 0.717) is 17.7 Å². The fourth-order valence-corrected chi connectivity index (χ4v) is 6.82. The highest BCUT2D eigenvalue weighted by molar-refractivity contribution is 5.99. The Hall–Kier alpha value is -7.68. The molecule has 1 saturated heterocycles.